The maximum absolute atomic E-state index is 13.6. The predicted molar refractivity (Wildman–Crippen MR) is 271 cm³/mol. The number of aliphatic carboxylic acids is 1. The van der Waals surface area contributed by atoms with E-state index in [9.17, 15) is 69.5 Å². The SMILES string of the molecule is C=C(CC=C(C)CCC=C(C)C)CCC(C)(C)C=CCCC(C)=CCO[C@H](COP(=O)(O)OC1OC(C(N)=O)C(C)(O)C(OC(N)=O)C1OC1OC(COC2OC(CO)C(O)C(O)C2O)C(O)C(O)C1NC(C)=O)C(=O)O. The fourth-order valence-corrected chi connectivity index (χ4v) is 9.13. The molecule has 3 aliphatic rings. The molecular weight excluding hydrogens is 1040 g/mol. The van der Waals surface area contributed by atoms with Gasteiger partial charge in [0.05, 0.1) is 26.4 Å². The molecule has 26 nitrogen and oxygen atoms in total. The Kier molecular flexibility index (Phi) is 26.7. The number of aliphatic hydroxyl groups excluding tert-OH is 6. The second-order valence-corrected chi connectivity index (χ2v) is 22.0. The number of aliphatic hydroxyl groups is 7. The van der Waals surface area contributed by atoms with Gasteiger partial charge in [0.25, 0.3) is 0 Å². The summed E-state index contributed by atoms with van der Waals surface area (Å²) >= 11 is 0. The normalized spacial score (nSPS) is 32.5. The van der Waals surface area contributed by atoms with Gasteiger partial charge in [0.2, 0.25) is 11.8 Å². The third-order valence-corrected chi connectivity index (χ3v) is 13.9. The second-order valence-electron chi connectivity index (χ2n) is 20.6. The monoisotopic (exact) mass is 1120 g/mol. The molecule has 0 aliphatic carbocycles. The van der Waals surface area contributed by atoms with E-state index in [1.54, 1.807) is 6.08 Å². The molecule has 3 saturated heterocycles. The van der Waals surface area contributed by atoms with E-state index in [0.717, 1.165) is 57.1 Å². The Bertz CT molecular complexity index is 2150. The van der Waals surface area contributed by atoms with Gasteiger partial charge in [0.1, 0.15) is 54.4 Å². The molecule has 3 rings (SSSR count). The highest BCUT2D eigenvalue weighted by Gasteiger charge is 2.61. The molecule has 3 heterocycles. The fraction of sp³-hybridized carbons (Fsp3) is 0.720. The molecular formula is C50H82N3O23P. The summed E-state index contributed by atoms with van der Waals surface area (Å²) in [4.78, 5) is 60.6. The van der Waals surface area contributed by atoms with Crippen molar-refractivity contribution >= 4 is 31.7 Å². The Hall–Kier alpha value is -4.03. The van der Waals surface area contributed by atoms with Crippen LogP contribution in [-0.4, -0.2) is 194 Å². The first-order chi connectivity index (χ1) is 35.8. The fourth-order valence-electron chi connectivity index (χ4n) is 8.31. The van der Waals surface area contributed by atoms with Crippen LogP contribution in [0.4, 0.5) is 4.79 Å². The molecule has 16 unspecified atom stereocenters. The number of phosphoric acid groups is 1. The molecule has 0 bridgehead atoms. The van der Waals surface area contributed by atoms with Gasteiger partial charge in [-0.05, 0) is 85.0 Å². The third-order valence-electron chi connectivity index (χ3n) is 12.9. The summed E-state index contributed by atoms with van der Waals surface area (Å²) in [6.45, 7) is 15.5. The highest BCUT2D eigenvalue weighted by atomic mass is 31.2. The average Bonchev–Trinajstić information content (AvgIpc) is 3.33. The zero-order chi connectivity index (χ0) is 58.2. The van der Waals surface area contributed by atoms with Crippen LogP contribution in [0.25, 0.3) is 0 Å². The molecule has 27 heteroatoms. The first-order valence-electron chi connectivity index (χ1n) is 25.1. The zero-order valence-corrected chi connectivity index (χ0v) is 45.8. The number of carboxylic acids is 1. The molecule has 3 amide bonds. The summed E-state index contributed by atoms with van der Waals surface area (Å²) in [5.41, 5.74) is 12.6. The maximum Gasteiger partial charge on any atom is 0.474 e. The number of carbonyl (C=O) groups is 4. The third kappa shape index (κ3) is 21.2. The number of hydrogen-bond acceptors (Lipinski definition) is 21. The number of carboxylic acid groups (broad SMARTS) is 1. The molecule has 0 saturated carbocycles. The van der Waals surface area contributed by atoms with Crippen LogP contribution in [0.2, 0.25) is 0 Å². The molecule has 17 atom stereocenters. The first kappa shape index (κ1) is 67.2. The molecule has 0 aromatic rings. The van der Waals surface area contributed by atoms with Gasteiger partial charge in [-0.2, -0.15) is 0 Å². The van der Waals surface area contributed by atoms with Crippen LogP contribution >= 0.6 is 7.82 Å². The summed E-state index contributed by atoms with van der Waals surface area (Å²) < 4.78 is 62.6. The predicted octanol–water partition coefficient (Wildman–Crippen LogP) is 0.896. The minimum atomic E-state index is -5.63. The van der Waals surface area contributed by atoms with Crippen LogP contribution in [0.15, 0.2) is 59.3 Å². The van der Waals surface area contributed by atoms with Crippen molar-refractivity contribution in [3.63, 3.8) is 0 Å². The largest absolute Gasteiger partial charge is 0.479 e. The van der Waals surface area contributed by atoms with E-state index in [1.165, 1.54) is 11.1 Å². The van der Waals surface area contributed by atoms with Gasteiger partial charge >= 0.3 is 19.9 Å². The lowest BCUT2D eigenvalue weighted by atomic mass is 9.85. The lowest BCUT2D eigenvalue weighted by molar-refractivity contribution is -0.358. The van der Waals surface area contributed by atoms with Crippen molar-refractivity contribution in [1.29, 1.82) is 0 Å². The van der Waals surface area contributed by atoms with Gasteiger partial charge in [-0.25, -0.2) is 14.2 Å². The molecule has 0 radical (unpaired) electrons. The molecule has 14 N–H and O–H groups in total. The van der Waals surface area contributed by atoms with Gasteiger partial charge in [0.15, 0.2) is 43.3 Å². The maximum atomic E-state index is 13.6. The Morgan fingerprint density at radius 3 is 2.06 bits per heavy atom. The summed E-state index contributed by atoms with van der Waals surface area (Å²) in [7, 11) is -5.63. The number of primary amides is 2. The van der Waals surface area contributed by atoms with E-state index in [0.29, 0.717) is 12.8 Å². The van der Waals surface area contributed by atoms with Gasteiger partial charge in [-0.1, -0.05) is 73.1 Å². The molecule has 77 heavy (non-hydrogen) atoms. The Morgan fingerprint density at radius 1 is 0.844 bits per heavy atom. The number of nitrogens with one attached hydrogen (secondary N) is 1. The van der Waals surface area contributed by atoms with Crippen LogP contribution in [0.3, 0.4) is 0 Å². The Morgan fingerprint density at radius 2 is 1.47 bits per heavy atom. The summed E-state index contributed by atoms with van der Waals surface area (Å²) in [5.74, 6) is -3.93. The van der Waals surface area contributed by atoms with Crippen molar-refractivity contribution in [2.45, 2.75) is 198 Å². The summed E-state index contributed by atoms with van der Waals surface area (Å²) in [6.07, 6.45) is -13.3. The van der Waals surface area contributed by atoms with Crippen LogP contribution < -0.4 is 16.8 Å². The number of ether oxygens (including phenoxy) is 7. The van der Waals surface area contributed by atoms with Crippen molar-refractivity contribution in [3.8, 4) is 0 Å². The van der Waals surface area contributed by atoms with Crippen LogP contribution in [-0.2, 0) is 61.2 Å². The molecule has 3 aliphatic heterocycles. The lowest BCUT2D eigenvalue weighted by Crippen LogP contribution is -2.72. The molecule has 3 fully saturated rings. The quantitative estimate of drug-likeness (QED) is 0.0351. The number of nitrogens with two attached hydrogens (primary N) is 2. The number of allylic oxidation sites excluding steroid dienone is 8. The highest BCUT2D eigenvalue weighted by Crippen LogP contribution is 2.49. The van der Waals surface area contributed by atoms with Crippen LogP contribution in [0, 0.1) is 5.41 Å². The van der Waals surface area contributed by atoms with E-state index in [1.807, 2.05) is 6.92 Å². The number of rotatable bonds is 30. The number of phosphoric ester groups is 1. The number of amides is 3. The smallest absolute Gasteiger partial charge is 0.474 e. The summed E-state index contributed by atoms with van der Waals surface area (Å²) in [6, 6.07) is -1.81. The zero-order valence-electron chi connectivity index (χ0n) is 44.9. The van der Waals surface area contributed by atoms with Crippen molar-refractivity contribution in [1.82, 2.24) is 5.32 Å². The number of hydrogen-bond donors (Lipinski definition) is 12. The lowest BCUT2D eigenvalue weighted by Gasteiger charge is -2.50. The van der Waals surface area contributed by atoms with E-state index >= 15 is 0 Å². The van der Waals surface area contributed by atoms with E-state index in [4.69, 9.17) is 53.7 Å². The molecule has 440 valence electrons. The standard InChI is InChI=1S/C50H82N3O23P/c1-26(2)13-12-15-27(3)16-17-29(5)18-21-49(7,8)20-11-10-14-28(4)19-22-68-33(44(62)63)25-70-77(66,67)76-47-40(41(75-48(52)64)50(9,65)42(74-47)43(51)61)73-45-34(53-30(6)55)37(58)36(57)32(72-45)24-69-46-39(60)38(59)35(56)31(23-54)71-46/h11,13,16,19-20,31-42,45-47,54,56-60,65H,5,10,12,14-15,17-18,21-25H2,1-4,6-9H3,(H2,51,61)(H2,52,64)(H,53,55)(H,62,63)(H,66,67)/t31?,32?,33-,34?,35?,36?,37?,38?,39?,40?,41?,42?,45?,46?,47?,50?/m1/s1. The summed E-state index contributed by atoms with van der Waals surface area (Å²) in [5, 5.41) is 86.6. The second kappa shape index (κ2) is 30.5. The van der Waals surface area contributed by atoms with Crippen LogP contribution in [0.5, 0.6) is 0 Å². The van der Waals surface area contributed by atoms with Gasteiger partial charge in [0, 0.05) is 6.92 Å². The van der Waals surface area contributed by atoms with E-state index in [-0.39, 0.29) is 12.0 Å². The molecule has 0 aromatic carbocycles. The molecule has 0 spiro atoms. The van der Waals surface area contributed by atoms with Crippen molar-refractivity contribution < 1.29 is 112 Å². The Labute approximate surface area is 448 Å². The van der Waals surface area contributed by atoms with Gasteiger partial charge in [-0.15, -0.1) is 0 Å². The topological polar surface area (TPSA) is 415 Å². The van der Waals surface area contributed by atoms with E-state index in [2.05, 4.69) is 70.8 Å². The van der Waals surface area contributed by atoms with Gasteiger partial charge in [-0.3, -0.25) is 18.6 Å². The first-order valence-corrected chi connectivity index (χ1v) is 26.6. The Balaban J connectivity index is 1.75. The van der Waals surface area contributed by atoms with Crippen molar-refractivity contribution in [3.05, 3.63) is 59.3 Å². The van der Waals surface area contributed by atoms with Crippen LogP contribution in [0.1, 0.15) is 100 Å². The van der Waals surface area contributed by atoms with Crippen molar-refractivity contribution in [2.75, 3.05) is 26.4 Å². The minimum absolute atomic E-state index is 0.0889. The molecule has 0 aromatic heterocycles. The average molecular weight is 1120 g/mol. The highest BCUT2D eigenvalue weighted by molar-refractivity contribution is 7.47. The van der Waals surface area contributed by atoms with Crippen molar-refractivity contribution in [2.24, 2.45) is 16.9 Å². The minimum Gasteiger partial charge on any atom is -0.479 e. The number of carbonyl (C=O) groups excluding carboxylic acids is 3. The van der Waals surface area contributed by atoms with E-state index < -0.39 is 149 Å². The van der Waals surface area contributed by atoms with Gasteiger partial charge < -0.3 is 95.7 Å².